The number of aliphatic hydroxyl groups is 1. The van der Waals surface area contributed by atoms with E-state index in [4.69, 9.17) is 33.2 Å². The van der Waals surface area contributed by atoms with Crippen molar-refractivity contribution in [2.45, 2.75) is 153 Å². The van der Waals surface area contributed by atoms with Gasteiger partial charge >= 0.3 is 18.2 Å². The summed E-state index contributed by atoms with van der Waals surface area (Å²) in [6.45, 7) is 11.9. The molecule has 4 bridgehead atoms. The molecule has 4 aliphatic rings. The second kappa shape index (κ2) is 28.3. The molecule has 0 radical (unpaired) electrons. The SMILES string of the molecule is CCC(=O)NCCOC1C/C=C/C(OC(=O)N(C)CCN(C)C(=O)SCCC(=O)N(C)[C@@H](C)C(=O)O[C@H]2CC(=O)N(C)c3cc(cc(OC)c3C)C/C(C)=C/C=C/C(OC)C3(O)C[C@H](OC(=O)N3)[C@@H](C)[C@@H]3O[C@@]23C)CCC1. The van der Waals surface area contributed by atoms with Crippen LogP contribution in [0.3, 0.4) is 0 Å². The average molecular weight is 1100 g/mol. The van der Waals surface area contributed by atoms with Gasteiger partial charge in [-0.25, -0.2) is 14.4 Å². The predicted octanol–water partition coefficient (Wildman–Crippen LogP) is 5.82. The van der Waals surface area contributed by atoms with Crippen molar-refractivity contribution in [2.75, 3.05) is 79.3 Å². The van der Waals surface area contributed by atoms with Crippen molar-refractivity contribution in [3.8, 4) is 5.75 Å². The molecule has 77 heavy (non-hydrogen) atoms. The first-order chi connectivity index (χ1) is 36.4. The number of nitrogens with one attached hydrogen (secondary N) is 2. The number of benzene rings is 1. The molecule has 21 nitrogen and oxygen atoms in total. The monoisotopic (exact) mass is 1100 g/mol. The third-order valence-electron chi connectivity index (χ3n) is 14.9. The summed E-state index contributed by atoms with van der Waals surface area (Å²) in [7, 11) is 9.27. The molecule has 6 amide bonds. The molecular formula is C55H82N6O15S. The highest BCUT2D eigenvalue weighted by molar-refractivity contribution is 8.13. The molecule has 3 heterocycles. The highest BCUT2D eigenvalue weighted by atomic mass is 32.2. The topological polar surface area (TPSA) is 245 Å². The lowest BCUT2D eigenvalue weighted by Gasteiger charge is -2.42. The number of rotatable bonds is 17. The molecule has 3 aliphatic heterocycles. The summed E-state index contributed by atoms with van der Waals surface area (Å²) in [6.07, 6.45) is 6.87. The van der Waals surface area contributed by atoms with Crippen LogP contribution in [0.25, 0.3) is 0 Å². The van der Waals surface area contributed by atoms with Crippen LogP contribution in [0.15, 0.2) is 48.1 Å². The highest BCUT2D eigenvalue weighted by Crippen LogP contribution is 2.49. The van der Waals surface area contributed by atoms with Gasteiger partial charge in [0, 0.05) is 91.4 Å². The molecule has 2 saturated heterocycles. The quantitative estimate of drug-likeness (QED) is 0.0547. The van der Waals surface area contributed by atoms with Crippen LogP contribution in [0.2, 0.25) is 0 Å². The summed E-state index contributed by atoms with van der Waals surface area (Å²) in [5, 5.41) is 16.9. The number of thioether (sulfide) groups is 1. The van der Waals surface area contributed by atoms with Crippen molar-refractivity contribution < 1.29 is 71.8 Å². The minimum Gasteiger partial charge on any atom is -0.496 e. The van der Waals surface area contributed by atoms with Crippen molar-refractivity contribution >= 4 is 58.6 Å². The third kappa shape index (κ3) is 16.9. The van der Waals surface area contributed by atoms with Crippen LogP contribution in [-0.4, -0.2) is 189 Å². The van der Waals surface area contributed by atoms with E-state index < -0.39 is 83.8 Å². The van der Waals surface area contributed by atoms with E-state index in [-0.39, 0.29) is 55.4 Å². The maximum atomic E-state index is 14.4. The van der Waals surface area contributed by atoms with Crippen molar-refractivity contribution in [1.82, 2.24) is 25.3 Å². The summed E-state index contributed by atoms with van der Waals surface area (Å²) >= 11 is 0.930. The van der Waals surface area contributed by atoms with Crippen LogP contribution in [0.1, 0.15) is 97.1 Å². The van der Waals surface area contributed by atoms with Gasteiger partial charge in [0.25, 0.3) is 5.24 Å². The smallest absolute Gasteiger partial charge is 0.410 e. The molecule has 428 valence electrons. The number of carbonyl (C=O) groups is 7. The number of anilines is 1. The Morgan fingerprint density at radius 1 is 1.04 bits per heavy atom. The third-order valence-corrected chi connectivity index (χ3v) is 15.9. The standard InChI is InChI=1S/C55H82N6O15S/c1-13-46(62)56-24-27-72-39-18-15-20-40(21-16-19-39)73-52(67)58(7)25-26-59(8)53(68)77-28-23-47(63)60(9)37(5)50(65)75-45-32-48(64)61(10)41-30-38(31-42(70-11)35(41)3)29-34(2)17-14-22-44(71-12)55(69)33-43(74-51(66)57-55)36(4)49-54(45,6)76-49/h14-15,17,20,22,30-31,36-37,39-40,43-45,49,69H,13,16,18-19,21,23-29,32-33H2,1-12H3,(H,56,62)(H,57,66)/b20-15+,22-14+,34-17+/t36-,37+,39?,40?,43+,44?,45+,49+,54+,55?/m1/s1. The molecule has 1 aromatic carbocycles. The molecule has 4 unspecified atom stereocenters. The fourth-order valence-corrected chi connectivity index (χ4v) is 10.4. The van der Waals surface area contributed by atoms with E-state index in [2.05, 4.69) is 10.6 Å². The Morgan fingerprint density at radius 2 is 1.77 bits per heavy atom. The summed E-state index contributed by atoms with van der Waals surface area (Å²) in [5.74, 6) is -1.55. The number of hydrogen-bond acceptors (Lipinski definition) is 16. The fraction of sp³-hybridized carbons (Fsp3) is 0.655. The van der Waals surface area contributed by atoms with Crippen LogP contribution in [0.5, 0.6) is 5.75 Å². The van der Waals surface area contributed by atoms with E-state index >= 15 is 0 Å². The van der Waals surface area contributed by atoms with Crippen LogP contribution in [0.4, 0.5) is 20.1 Å². The van der Waals surface area contributed by atoms with Crippen LogP contribution < -0.4 is 20.3 Å². The second-order valence-electron chi connectivity index (χ2n) is 20.6. The molecule has 1 aliphatic carbocycles. The molecule has 10 atom stereocenters. The Bertz CT molecular complexity index is 2370. The van der Waals surface area contributed by atoms with Gasteiger partial charge in [-0.2, -0.15) is 0 Å². The van der Waals surface area contributed by atoms with Gasteiger partial charge < -0.3 is 63.2 Å². The Morgan fingerprint density at radius 3 is 2.47 bits per heavy atom. The molecule has 0 spiro atoms. The van der Waals surface area contributed by atoms with Crippen molar-refractivity contribution in [1.29, 1.82) is 0 Å². The number of hydrogen-bond donors (Lipinski definition) is 3. The number of methoxy groups -OCH3 is 2. The summed E-state index contributed by atoms with van der Waals surface area (Å²) < 4.78 is 41.3. The van der Waals surface area contributed by atoms with Gasteiger partial charge in [-0.05, 0) is 83.6 Å². The highest BCUT2D eigenvalue weighted by Gasteiger charge is 2.64. The Hall–Kier alpha value is -5.68. The first-order valence-electron chi connectivity index (χ1n) is 26.5. The minimum absolute atomic E-state index is 0.0153. The number of carbonyl (C=O) groups excluding carboxylic acids is 7. The lowest BCUT2D eigenvalue weighted by Crippen LogP contribution is -2.63. The van der Waals surface area contributed by atoms with Crippen LogP contribution >= 0.6 is 11.8 Å². The number of amides is 6. The van der Waals surface area contributed by atoms with Gasteiger partial charge in [0.05, 0.1) is 38.0 Å². The van der Waals surface area contributed by atoms with E-state index in [1.807, 2.05) is 44.2 Å². The minimum atomic E-state index is -1.87. The summed E-state index contributed by atoms with van der Waals surface area (Å²) in [5.41, 5.74) is -0.0507. The Kier molecular flexibility index (Phi) is 22.8. The number of nitrogens with zero attached hydrogens (tertiary/aromatic N) is 4. The molecule has 5 rings (SSSR count). The van der Waals surface area contributed by atoms with Gasteiger partial charge in [-0.1, -0.05) is 55.5 Å². The summed E-state index contributed by atoms with van der Waals surface area (Å²) in [4.78, 5) is 98.3. The number of esters is 1. The zero-order chi connectivity index (χ0) is 56.8. The fourth-order valence-electron chi connectivity index (χ4n) is 9.62. The lowest BCUT2D eigenvalue weighted by atomic mass is 9.83. The van der Waals surface area contributed by atoms with Crippen molar-refractivity contribution in [3.63, 3.8) is 0 Å². The Balaban J connectivity index is 1.18. The number of epoxide rings is 1. The predicted molar refractivity (Wildman–Crippen MR) is 289 cm³/mol. The number of likely N-dealkylation sites (N-methyl/N-ethyl adjacent to an activating group) is 3. The first kappa shape index (κ1) is 62.2. The molecule has 2 fully saturated rings. The van der Waals surface area contributed by atoms with Gasteiger partial charge in [-0.15, -0.1) is 0 Å². The average Bonchev–Trinajstić information content (AvgIpc) is 4.19. The van der Waals surface area contributed by atoms with E-state index in [1.54, 1.807) is 61.2 Å². The number of allylic oxidation sites excluding steroid dienone is 3. The summed E-state index contributed by atoms with van der Waals surface area (Å²) in [6, 6.07) is 2.68. The van der Waals surface area contributed by atoms with Gasteiger partial charge in [0.2, 0.25) is 17.7 Å². The van der Waals surface area contributed by atoms with E-state index in [9.17, 15) is 38.7 Å². The molecule has 0 saturated carbocycles. The largest absolute Gasteiger partial charge is 0.496 e. The van der Waals surface area contributed by atoms with Crippen LogP contribution in [0, 0.1) is 12.8 Å². The Labute approximate surface area is 457 Å². The second-order valence-corrected chi connectivity index (χ2v) is 21.7. The van der Waals surface area contributed by atoms with E-state index in [0.29, 0.717) is 55.8 Å². The lowest BCUT2D eigenvalue weighted by molar-refractivity contribution is -0.162. The van der Waals surface area contributed by atoms with Gasteiger partial charge in [0.1, 0.15) is 41.8 Å². The first-order valence-corrected chi connectivity index (χ1v) is 27.4. The van der Waals surface area contributed by atoms with Crippen molar-refractivity contribution in [2.24, 2.45) is 5.92 Å². The normalized spacial score (nSPS) is 28.5. The van der Waals surface area contributed by atoms with E-state index in [1.165, 1.54) is 40.7 Å². The van der Waals surface area contributed by atoms with Gasteiger partial charge in [0.15, 0.2) is 5.72 Å². The maximum absolute atomic E-state index is 14.4. The van der Waals surface area contributed by atoms with E-state index in [0.717, 1.165) is 35.7 Å². The van der Waals surface area contributed by atoms with Crippen molar-refractivity contribution in [3.05, 3.63) is 59.2 Å². The number of alkyl carbamates (subject to hydrolysis) is 1. The van der Waals surface area contributed by atoms with Crippen LogP contribution in [-0.2, 0) is 54.0 Å². The molecular weight excluding hydrogens is 1020 g/mol. The molecule has 3 N–H and O–H groups in total. The zero-order valence-corrected chi connectivity index (χ0v) is 47.7. The molecule has 1 aromatic rings. The maximum Gasteiger partial charge on any atom is 0.410 e. The molecule has 0 aromatic heterocycles. The number of fused-ring (bicyclic) bond motifs is 5. The zero-order valence-electron chi connectivity index (χ0n) is 46.9. The molecule has 22 heteroatoms. The number of ether oxygens (including phenoxy) is 7. The van der Waals surface area contributed by atoms with Gasteiger partial charge in [-0.3, -0.25) is 24.5 Å².